The van der Waals surface area contributed by atoms with E-state index in [-0.39, 0.29) is 0 Å². The van der Waals surface area contributed by atoms with Crippen molar-refractivity contribution in [3.63, 3.8) is 0 Å². The van der Waals surface area contributed by atoms with Crippen molar-refractivity contribution >= 4 is 38.9 Å². The molecule has 0 unspecified atom stereocenters. The average molecular weight is 367 g/mol. The minimum atomic E-state index is -3.62. The van der Waals surface area contributed by atoms with Crippen molar-refractivity contribution in [3.8, 4) is 0 Å². The van der Waals surface area contributed by atoms with Crippen LogP contribution in [0.1, 0.15) is 12.5 Å². The highest BCUT2D eigenvalue weighted by Crippen LogP contribution is 2.23. The average Bonchev–Trinajstić information content (AvgIpc) is 2.50. The highest BCUT2D eigenvalue weighted by molar-refractivity contribution is 7.92. The Morgan fingerprint density at radius 1 is 1.17 bits per heavy atom. The maximum atomic E-state index is 12.5. The smallest absolute Gasteiger partial charge is 0.247 e. The van der Waals surface area contributed by atoms with Crippen molar-refractivity contribution in [1.82, 2.24) is 0 Å². The molecule has 128 valence electrons. The zero-order valence-corrected chi connectivity index (χ0v) is 15.2. The normalized spacial score (nSPS) is 12.5. The molecule has 0 aromatic heterocycles. The van der Waals surface area contributed by atoms with Gasteiger partial charge in [-0.3, -0.25) is 9.10 Å². The Labute approximate surface area is 147 Å². The topological polar surface area (TPSA) is 66.5 Å². The van der Waals surface area contributed by atoms with Crippen molar-refractivity contribution in [1.29, 1.82) is 0 Å². The third kappa shape index (κ3) is 4.27. The number of aryl methyl sites for hydroxylation is 1. The standard InChI is InChI=1S/C17H19ClN2O3S/c1-12-9-10-14(11-16(12)18)19-17(21)13(2)20(24(3,22)23)15-7-5-4-6-8-15/h4-11,13H,1-3H3,(H,19,21)/t13-/m1/s1. The number of carbonyl (C=O) groups is 1. The summed E-state index contributed by atoms with van der Waals surface area (Å²) in [5.74, 6) is -0.441. The quantitative estimate of drug-likeness (QED) is 0.881. The van der Waals surface area contributed by atoms with Gasteiger partial charge in [-0.25, -0.2) is 8.42 Å². The summed E-state index contributed by atoms with van der Waals surface area (Å²) in [6.45, 7) is 3.40. The van der Waals surface area contributed by atoms with Crippen LogP contribution in [0.2, 0.25) is 5.02 Å². The molecule has 2 aromatic carbocycles. The largest absolute Gasteiger partial charge is 0.324 e. The lowest BCUT2D eigenvalue weighted by molar-refractivity contribution is -0.116. The number of anilines is 2. The van der Waals surface area contributed by atoms with Crippen LogP contribution in [0.5, 0.6) is 0 Å². The number of rotatable bonds is 5. The van der Waals surface area contributed by atoms with Crippen LogP contribution < -0.4 is 9.62 Å². The molecule has 0 spiro atoms. The van der Waals surface area contributed by atoms with Crippen LogP contribution in [0, 0.1) is 6.92 Å². The number of sulfonamides is 1. The Balaban J connectivity index is 2.27. The molecule has 1 amide bonds. The van der Waals surface area contributed by atoms with Crippen LogP contribution in [-0.2, 0) is 14.8 Å². The number of halogens is 1. The second-order valence-electron chi connectivity index (χ2n) is 5.52. The van der Waals surface area contributed by atoms with E-state index in [1.54, 1.807) is 55.5 Å². The number of benzene rings is 2. The van der Waals surface area contributed by atoms with E-state index in [4.69, 9.17) is 11.6 Å². The Bertz CT molecular complexity index is 838. The van der Waals surface area contributed by atoms with E-state index in [1.165, 1.54) is 0 Å². The van der Waals surface area contributed by atoms with Crippen LogP contribution >= 0.6 is 11.6 Å². The number of carbonyl (C=O) groups excluding carboxylic acids is 1. The van der Waals surface area contributed by atoms with E-state index in [2.05, 4.69) is 5.32 Å². The molecule has 0 saturated heterocycles. The molecule has 24 heavy (non-hydrogen) atoms. The molecule has 0 heterocycles. The van der Waals surface area contributed by atoms with Gasteiger partial charge in [-0.1, -0.05) is 35.9 Å². The van der Waals surface area contributed by atoms with Crippen LogP contribution in [0.15, 0.2) is 48.5 Å². The molecule has 2 aromatic rings. The molecule has 0 fully saturated rings. The van der Waals surface area contributed by atoms with Gasteiger partial charge in [-0.15, -0.1) is 0 Å². The highest BCUT2D eigenvalue weighted by atomic mass is 35.5. The number of para-hydroxylation sites is 1. The summed E-state index contributed by atoms with van der Waals surface area (Å²) in [6, 6.07) is 12.7. The fourth-order valence-electron chi connectivity index (χ4n) is 2.30. The van der Waals surface area contributed by atoms with Gasteiger partial charge in [0, 0.05) is 10.7 Å². The van der Waals surface area contributed by atoms with Gasteiger partial charge in [-0.05, 0) is 43.7 Å². The summed E-state index contributed by atoms with van der Waals surface area (Å²) < 4.78 is 25.4. The number of nitrogens with zero attached hydrogens (tertiary/aromatic N) is 1. The molecule has 0 radical (unpaired) electrons. The van der Waals surface area contributed by atoms with Crippen LogP contribution in [0.3, 0.4) is 0 Å². The molecule has 5 nitrogen and oxygen atoms in total. The lowest BCUT2D eigenvalue weighted by atomic mass is 10.2. The summed E-state index contributed by atoms with van der Waals surface area (Å²) in [4.78, 5) is 12.5. The third-order valence-corrected chi connectivity index (χ3v) is 5.19. The molecule has 7 heteroatoms. The number of hydrogen-bond acceptors (Lipinski definition) is 3. The minimum absolute atomic E-state index is 0.435. The van der Waals surface area contributed by atoms with Gasteiger partial charge in [0.25, 0.3) is 0 Å². The Morgan fingerprint density at radius 2 is 1.79 bits per heavy atom. The summed E-state index contributed by atoms with van der Waals surface area (Å²) in [6.07, 6.45) is 1.08. The zero-order chi connectivity index (χ0) is 17.9. The van der Waals surface area contributed by atoms with E-state index in [1.807, 2.05) is 6.92 Å². The van der Waals surface area contributed by atoms with Gasteiger partial charge in [0.2, 0.25) is 15.9 Å². The first-order valence-corrected chi connectivity index (χ1v) is 9.54. The van der Waals surface area contributed by atoms with E-state index < -0.39 is 22.0 Å². The lowest BCUT2D eigenvalue weighted by Crippen LogP contribution is -2.45. The van der Waals surface area contributed by atoms with Gasteiger partial charge in [0.05, 0.1) is 11.9 Å². The van der Waals surface area contributed by atoms with Crippen LogP contribution in [0.25, 0.3) is 0 Å². The second kappa shape index (κ2) is 7.23. The van der Waals surface area contributed by atoms with Gasteiger partial charge in [-0.2, -0.15) is 0 Å². The van der Waals surface area contributed by atoms with E-state index in [9.17, 15) is 13.2 Å². The predicted octanol–water partition coefficient (Wildman–Crippen LogP) is 3.44. The van der Waals surface area contributed by atoms with Gasteiger partial charge >= 0.3 is 0 Å². The molecule has 0 aliphatic rings. The fourth-order valence-corrected chi connectivity index (χ4v) is 3.66. The fraction of sp³-hybridized carbons (Fsp3) is 0.235. The summed E-state index contributed by atoms with van der Waals surface area (Å²) >= 11 is 6.05. The van der Waals surface area contributed by atoms with E-state index in [0.29, 0.717) is 16.4 Å². The van der Waals surface area contributed by atoms with Crippen molar-refractivity contribution in [2.75, 3.05) is 15.9 Å². The number of amides is 1. The molecule has 1 atom stereocenters. The molecule has 0 saturated carbocycles. The van der Waals surface area contributed by atoms with Gasteiger partial charge < -0.3 is 5.32 Å². The lowest BCUT2D eigenvalue weighted by Gasteiger charge is -2.28. The first-order chi connectivity index (χ1) is 11.2. The SMILES string of the molecule is Cc1ccc(NC(=O)[C@@H](C)N(c2ccccc2)S(C)(=O)=O)cc1Cl. The Morgan fingerprint density at radius 3 is 2.33 bits per heavy atom. The molecule has 0 bridgehead atoms. The summed E-state index contributed by atoms with van der Waals surface area (Å²) in [7, 11) is -3.62. The van der Waals surface area contributed by atoms with Crippen LogP contribution in [0.4, 0.5) is 11.4 Å². The number of hydrogen-bond donors (Lipinski definition) is 1. The molecular weight excluding hydrogens is 348 g/mol. The molecule has 0 aliphatic heterocycles. The predicted molar refractivity (Wildman–Crippen MR) is 98.0 cm³/mol. The summed E-state index contributed by atoms with van der Waals surface area (Å²) in [5.41, 5.74) is 1.85. The molecule has 2 rings (SSSR count). The molecule has 1 N–H and O–H groups in total. The Hall–Kier alpha value is -2.05. The van der Waals surface area contributed by atoms with Crippen molar-refractivity contribution in [3.05, 3.63) is 59.1 Å². The van der Waals surface area contributed by atoms with Gasteiger partial charge in [0.15, 0.2) is 0 Å². The van der Waals surface area contributed by atoms with Crippen molar-refractivity contribution in [2.24, 2.45) is 0 Å². The first-order valence-electron chi connectivity index (χ1n) is 7.31. The first kappa shape index (κ1) is 18.3. The monoisotopic (exact) mass is 366 g/mol. The summed E-state index contributed by atoms with van der Waals surface area (Å²) in [5, 5.41) is 3.23. The Kier molecular flexibility index (Phi) is 5.51. The van der Waals surface area contributed by atoms with Crippen molar-refractivity contribution in [2.45, 2.75) is 19.9 Å². The zero-order valence-electron chi connectivity index (χ0n) is 13.7. The van der Waals surface area contributed by atoms with E-state index >= 15 is 0 Å². The van der Waals surface area contributed by atoms with E-state index in [0.717, 1.165) is 16.1 Å². The third-order valence-electron chi connectivity index (χ3n) is 3.54. The second-order valence-corrected chi connectivity index (χ2v) is 7.79. The van der Waals surface area contributed by atoms with Crippen molar-refractivity contribution < 1.29 is 13.2 Å². The molecular formula is C17H19ClN2O3S. The minimum Gasteiger partial charge on any atom is -0.324 e. The number of nitrogens with one attached hydrogen (secondary N) is 1. The maximum absolute atomic E-state index is 12.5. The van der Waals surface area contributed by atoms with Gasteiger partial charge in [0.1, 0.15) is 6.04 Å². The highest BCUT2D eigenvalue weighted by Gasteiger charge is 2.29. The molecule has 0 aliphatic carbocycles. The van der Waals surface area contributed by atoms with Crippen LogP contribution in [-0.4, -0.2) is 26.6 Å². The maximum Gasteiger partial charge on any atom is 0.247 e.